The number of aromatic nitrogens is 1. The highest BCUT2D eigenvalue weighted by molar-refractivity contribution is 6.21. The third-order valence-electron chi connectivity index (χ3n) is 11.1. The number of pyridine rings is 1. The van der Waals surface area contributed by atoms with Crippen molar-refractivity contribution in [1.82, 2.24) is 4.98 Å². The first-order valence-corrected chi connectivity index (χ1v) is 17.1. The molecule has 9 aromatic rings. The Balaban J connectivity index is 1.29. The molecular weight excluding hydrogens is 591 g/mol. The van der Waals surface area contributed by atoms with Gasteiger partial charge in [-0.2, -0.15) is 0 Å². The second-order valence-electron chi connectivity index (χ2n) is 13.4. The molecule has 1 nitrogen and oxygen atoms in total. The summed E-state index contributed by atoms with van der Waals surface area (Å²) in [6.45, 7) is 0. The van der Waals surface area contributed by atoms with Crippen molar-refractivity contribution < 1.29 is 0 Å². The SMILES string of the molecule is c1ccc(-c2c3ccccc3c(-c3ccc4c(c3)C3(c5ccccc5-c5cccc6cccc3c56)c3cccnc3-4)c3ccccc23)cc1. The van der Waals surface area contributed by atoms with Crippen LogP contribution in [0.15, 0.2) is 176 Å². The molecule has 2 aliphatic rings. The van der Waals surface area contributed by atoms with Gasteiger partial charge in [-0.25, -0.2) is 0 Å². The minimum absolute atomic E-state index is 0.505. The van der Waals surface area contributed by atoms with Gasteiger partial charge in [0.15, 0.2) is 0 Å². The molecule has 0 radical (unpaired) electrons. The van der Waals surface area contributed by atoms with Crippen molar-refractivity contribution in [2.45, 2.75) is 5.41 Å². The standard InChI is InChI=1S/C48H29N/c1-2-13-30(14-3-1)44-35-18-4-6-20-37(35)45(38-21-7-5-19-36(38)44)32-26-27-39-43(29-32)48(42-25-12-28-49-47(39)42)40-23-9-8-17-33(40)34-22-10-15-31-16-11-24-41(48)46(31)34/h1-29H. The summed E-state index contributed by atoms with van der Waals surface area (Å²) in [6, 6.07) is 62.9. The Morgan fingerprint density at radius 2 is 0.959 bits per heavy atom. The normalized spacial score (nSPS) is 15.4. The first-order chi connectivity index (χ1) is 24.3. The summed E-state index contributed by atoms with van der Waals surface area (Å²) < 4.78 is 0. The van der Waals surface area contributed by atoms with Crippen molar-refractivity contribution in [3.8, 4) is 44.6 Å². The van der Waals surface area contributed by atoms with E-state index in [2.05, 4.69) is 170 Å². The first kappa shape index (κ1) is 26.7. The lowest BCUT2D eigenvalue weighted by molar-refractivity contribution is 0.771. The van der Waals surface area contributed by atoms with Gasteiger partial charge in [-0.3, -0.25) is 4.98 Å². The van der Waals surface area contributed by atoms with Gasteiger partial charge in [0.1, 0.15) is 0 Å². The molecule has 2 aliphatic carbocycles. The van der Waals surface area contributed by atoms with E-state index in [1.165, 1.54) is 93.5 Å². The molecule has 1 atom stereocenters. The fourth-order valence-corrected chi connectivity index (χ4v) is 9.29. The molecule has 1 heteroatoms. The lowest BCUT2D eigenvalue weighted by Gasteiger charge is -2.40. The lowest BCUT2D eigenvalue weighted by Crippen LogP contribution is -2.31. The summed E-state index contributed by atoms with van der Waals surface area (Å²) >= 11 is 0. The molecule has 8 aromatic carbocycles. The first-order valence-electron chi connectivity index (χ1n) is 17.1. The van der Waals surface area contributed by atoms with Crippen LogP contribution in [-0.2, 0) is 5.41 Å². The minimum Gasteiger partial charge on any atom is -0.256 e. The van der Waals surface area contributed by atoms with Crippen LogP contribution in [0.1, 0.15) is 22.3 Å². The van der Waals surface area contributed by atoms with Crippen LogP contribution in [0.2, 0.25) is 0 Å². The van der Waals surface area contributed by atoms with Crippen molar-refractivity contribution in [1.29, 1.82) is 0 Å². The molecule has 0 saturated carbocycles. The van der Waals surface area contributed by atoms with Crippen LogP contribution in [0.4, 0.5) is 0 Å². The highest BCUT2D eigenvalue weighted by Crippen LogP contribution is 2.62. The number of benzene rings is 8. The summed E-state index contributed by atoms with van der Waals surface area (Å²) in [5.74, 6) is 0. The Labute approximate surface area is 284 Å². The van der Waals surface area contributed by atoms with E-state index < -0.39 is 5.41 Å². The molecule has 226 valence electrons. The zero-order chi connectivity index (χ0) is 32.1. The van der Waals surface area contributed by atoms with E-state index in [9.17, 15) is 0 Å². The number of rotatable bonds is 2. The van der Waals surface area contributed by atoms with Gasteiger partial charge in [-0.05, 0) is 100 Å². The zero-order valence-electron chi connectivity index (χ0n) is 26.7. The van der Waals surface area contributed by atoms with E-state index in [0.717, 1.165) is 5.69 Å². The fourth-order valence-electron chi connectivity index (χ4n) is 9.29. The molecule has 1 spiro atoms. The van der Waals surface area contributed by atoms with Crippen LogP contribution in [0.5, 0.6) is 0 Å². The minimum atomic E-state index is -0.505. The molecular formula is C48H29N. The van der Waals surface area contributed by atoms with Crippen molar-refractivity contribution >= 4 is 32.3 Å². The smallest absolute Gasteiger partial charge is 0.0753 e. The highest BCUT2D eigenvalue weighted by Gasteiger charge is 2.50. The van der Waals surface area contributed by atoms with E-state index >= 15 is 0 Å². The van der Waals surface area contributed by atoms with E-state index in [1.807, 2.05) is 6.20 Å². The fraction of sp³-hybridized carbons (Fsp3) is 0.0208. The van der Waals surface area contributed by atoms with Gasteiger partial charge in [-0.15, -0.1) is 0 Å². The summed E-state index contributed by atoms with van der Waals surface area (Å²) in [7, 11) is 0. The van der Waals surface area contributed by atoms with Crippen molar-refractivity contribution in [2.75, 3.05) is 0 Å². The van der Waals surface area contributed by atoms with Gasteiger partial charge in [-0.1, -0.05) is 158 Å². The van der Waals surface area contributed by atoms with Crippen molar-refractivity contribution in [3.63, 3.8) is 0 Å². The summed E-state index contributed by atoms with van der Waals surface area (Å²) in [5, 5.41) is 7.67. The number of nitrogens with zero attached hydrogens (tertiary/aromatic N) is 1. The molecule has 0 N–H and O–H groups in total. The van der Waals surface area contributed by atoms with E-state index in [-0.39, 0.29) is 0 Å². The third kappa shape index (κ3) is 3.41. The van der Waals surface area contributed by atoms with E-state index in [4.69, 9.17) is 4.98 Å². The molecule has 1 unspecified atom stereocenters. The van der Waals surface area contributed by atoms with Crippen LogP contribution < -0.4 is 0 Å². The molecule has 1 heterocycles. The second-order valence-corrected chi connectivity index (χ2v) is 13.4. The third-order valence-corrected chi connectivity index (χ3v) is 11.1. The second kappa shape index (κ2) is 9.86. The molecule has 11 rings (SSSR count). The van der Waals surface area contributed by atoms with Gasteiger partial charge in [0, 0.05) is 11.8 Å². The number of hydrogen-bond donors (Lipinski definition) is 0. The van der Waals surface area contributed by atoms with E-state index in [1.54, 1.807) is 0 Å². The predicted molar refractivity (Wildman–Crippen MR) is 204 cm³/mol. The summed E-state index contributed by atoms with van der Waals surface area (Å²) in [5.41, 5.74) is 14.6. The van der Waals surface area contributed by atoms with Crippen LogP contribution >= 0.6 is 0 Å². The van der Waals surface area contributed by atoms with Gasteiger partial charge in [0.25, 0.3) is 0 Å². The Bertz CT molecular complexity index is 2770. The van der Waals surface area contributed by atoms with E-state index in [0.29, 0.717) is 0 Å². The van der Waals surface area contributed by atoms with Gasteiger partial charge < -0.3 is 0 Å². The van der Waals surface area contributed by atoms with Crippen LogP contribution in [0.25, 0.3) is 77.0 Å². The monoisotopic (exact) mass is 619 g/mol. The average Bonchev–Trinajstić information content (AvgIpc) is 3.46. The molecule has 0 aliphatic heterocycles. The lowest BCUT2D eigenvalue weighted by atomic mass is 9.61. The quantitative estimate of drug-likeness (QED) is 0.175. The van der Waals surface area contributed by atoms with Gasteiger partial charge in [0.2, 0.25) is 0 Å². The molecule has 0 bridgehead atoms. The Hall–Kier alpha value is -6.31. The largest absolute Gasteiger partial charge is 0.256 e. The summed E-state index contributed by atoms with van der Waals surface area (Å²) in [4.78, 5) is 5.09. The molecule has 0 fully saturated rings. The van der Waals surface area contributed by atoms with Crippen molar-refractivity contribution in [3.05, 3.63) is 198 Å². The maximum atomic E-state index is 5.09. The maximum Gasteiger partial charge on any atom is 0.0753 e. The molecule has 0 amide bonds. The van der Waals surface area contributed by atoms with Crippen LogP contribution in [0.3, 0.4) is 0 Å². The topological polar surface area (TPSA) is 12.9 Å². The number of fused-ring (bicyclic) bond motifs is 11. The van der Waals surface area contributed by atoms with Gasteiger partial charge in [0.05, 0.1) is 11.1 Å². The molecule has 1 aromatic heterocycles. The number of hydrogen-bond acceptors (Lipinski definition) is 1. The highest BCUT2D eigenvalue weighted by atomic mass is 14.7. The van der Waals surface area contributed by atoms with Crippen molar-refractivity contribution in [2.24, 2.45) is 0 Å². The predicted octanol–water partition coefficient (Wildman–Crippen LogP) is 12.2. The van der Waals surface area contributed by atoms with Crippen LogP contribution in [0, 0.1) is 0 Å². The zero-order valence-corrected chi connectivity index (χ0v) is 26.7. The van der Waals surface area contributed by atoms with Gasteiger partial charge >= 0.3 is 0 Å². The summed E-state index contributed by atoms with van der Waals surface area (Å²) in [6.07, 6.45) is 1.95. The average molecular weight is 620 g/mol. The van der Waals surface area contributed by atoms with Crippen LogP contribution in [-0.4, -0.2) is 4.98 Å². The maximum absolute atomic E-state index is 5.09. The molecule has 49 heavy (non-hydrogen) atoms. The Morgan fingerprint density at radius 3 is 1.71 bits per heavy atom. The Kier molecular flexibility index (Phi) is 5.38. The Morgan fingerprint density at radius 1 is 0.367 bits per heavy atom. The molecule has 0 saturated heterocycles.